The molecule has 29 heavy (non-hydrogen) atoms. The molecule has 1 saturated heterocycles. The lowest BCUT2D eigenvalue weighted by molar-refractivity contribution is -0.138. The average molecular weight is 436 g/mol. The third-order valence-corrected chi connectivity index (χ3v) is 8.19. The van der Waals surface area contributed by atoms with Gasteiger partial charge >= 0.3 is 0 Å². The molecule has 1 fully saturated rings. The molecule has 156 valence electrons. The highest BCUT2D eigenvalue weighted by molar-refractivity contribution is 7.91. The summed E-state index contributed by atoms with van der Waals surface area (Å²) in [5.41, 5.74) is 0.666. The van der Waals surface area contributed by atoms with Gasteiger partial charge in [-0.25, -0.2) is 8.42 Å². The van der Waals surface area contributed by atoms with E-state index in [0.717, 1.165) is 4.88 Å². The number of piperidine rings is 1. The fraction of sp³-hybridized carbons (Fsp3) is 0.400. The fourth-order valence-electron chi connectivity index (χ4n) is 3.37. The van der Waals surface area contributed by atoms with Crippen LogP contribution in [0, 0.1) is 12.8 Å². The van der Waals surface area contributed by atoms with E-state index in [0.29, 0.717) is 29.3 Å². The lowest BCUT2D eigenvalue weighted by atomic mass is 9.98. The molecule has 2 aromatic rings. The van der Waals surface area contributed by atoms with E-state index < -0.39 is 15.9 Å². The van der Waals surface area contributed by atoms with Gasteiger partial charge in [0.2, 0.25) is 11.8 Å². The van der Waals surface area contributed by atoms with Crippen LogP contribution in [-0.2, 0) is 19.6 Å². The molecule has 2 heterocycles. The van der Waals surface area contributed by atoms with E-state index in [1.165, 1.54) is 20.5 Å². The molecule has 2 amide bonds. The van der Waals surface area contributed by atoms with E-state index in [1.807, 2.05) is 25.1 Å². The molecule has 1 aromatic carbocycles. The maximum atomic E-state index is 12.9. The van der Waals surface area contributed by atoms with Crippen LogP contribution in [0.3, 0.4) is 0 Å². The highest BCUT2D eigenvalue weighted by Gasteiger charge is 2.35. The zero-order valence-electron chi connectivity index (χ0n) is 16.5. The van der Waals surface area contributed by atoms with Crippen LogP contribution < -0.4 is 5.32 Å². The SMILES string of the molecule is Cc1ccc(S(=O)(=O)N2CCCC(C(=O)N(C)CC(=O)Nc3ccccc3)C2)s1. The minimum Gasteiger partial charge on any atom is -0.336 e. The van der Waals surface area contributed by atoms with Gasteiger partial charge in [0, 0.05) is 30.7 Å². The van der Waals surface area contributed by atoms with Crippen molar-refractivity contribution in [3.05, 3.63) is 47.3 Å². The third kappa shape index (κ3) is 5.23. The Labute approximate surface area is 175 Å². The molecule has 1 aromatic heterocycles. The first-order valence-electron chi connectivity index (χ1n) is 9.44. The number of carbonyl (C=O) groups is 2. The second-order valence-corrected chi connectivity index (χ2v) is 10.6. The number of thiophene rings is 1. The normalized spacial score (nSPS) is 17.7. The van der Waals surface area contributed by atoms with Crippen molar-refractivity contribution in [1.82, 2.24) is 9.21 Å². The van der Waals surface area contributed by atoms with Crippen molar-refractivity contribution < 1.29 is 18.0 Å². The van der Waals surface area contributed by atoms with Crippen molar-refractivity contribution >= 4 is 38.9 Å². The molecule has 0 saturated carbocycles. The summed E-state index contributed by atoms with van der Waals surface area (Å²) >= 11 is 1.24. The van der Waals surface area contributed by atoms with E-state index in [2.05, 4.69) is 5.32 Å². The number of anilines is 1. The van der Waals surface area contributed by atoms with E-state index >= 15 is 0 Å². The topological polar surface area (TPSA) is 86.8 Å². The monoisotopic (exact) mass is 435 g/mol. The first-order chi connectivity index (χ1) is 13.8. The first-order valence-corrected chi connectivity index (χ1v) is 11.7. The molecule has 0 radical (unpaired) electrons. The lowest BCUT2D eigenvalue weighted by Crippen LogP contribution is -2.47. The summed E-state index contributed by atoms with van der Waals surface area (Å²) < 4.78 is 27.4. The Morgan fingerprint density at radius 1 is 1.21 bits per heavy atom. The Bertz CT molecular complexity index is 973. The molecular formula is C20H25N3O4S2. The number of rotatable bonds is 6. The largest absolute Gasteiger partial charge is 0.336 e. The van der Waals surface area contributed by atoms with Gasteiger partial charge < -0.3 is 10.2 Å². The summed E-state index contributed by atoms with van der Waals surface area (Å²) in [4.78, 5) is 27.3. The molecule has 0 spiro atoms. The number of aryl methyl sites for hydroxylation is 1. The number of sulfonamides is 1. The number of carbonyl (C=O) groups excluding carboxylic acids is 2. The van der Waals surface area contributed by atoms with E-state index in [4.69, 9.17) is 0 Å². The minimum atomic E-state index is -3.60. The molecule has 0 bridgehead atoms. The zero-order valence-corrected chi connectivity index (χ0v) is 18.1. The van der Waals surface area contributed by atoms with Crippen LogP contribution in [0.25, 0.3) is 0 Å². The summed E-state index contributed by atoms with van der Waals surface area (Å²) in [7, 11) is -2.02. The average Bonchev–Trinajstić information content (AvgIpc) is 3.15. The van der Waals surface area contributed by atoms with Gasteiger partial charge in [0.25, 0.3) is 10.0 Å². The number of likely N-dealkylation sites (N-methyl/N-ethyl adjacent to an activating group) is 1. The maximum absolute atomic E-state index is 12.9. The van der Waals surface area contributed by atoms with Crippen LogP contribution in [0.15, 0.2) is 46.7 Å². The molecule has 0 aliphatic carbocycles. The van der Waals surface area contributed by atoms with Crippen molar-refractivity contribution in [2.75, 3.05) is 32.0 Å². The standard InChI is InChI=1S/C20H25N3O4S2/c1-15-10-11-19(28-15)29(26,27)23-12-6-7-16(13-23)20(25)22(2)14-18(24)21-17-8-4-3-5-9-17/h3-5,8-11,16H,6-7,12-14H2,1-2H3,(H,21,24). The highest BCUT2D eigenvalue weighted by Crippen LogP contribution is 2.28. The van der Waals surface area contributed by atoms with Crippen molar-refractivity contribution in [2.45, 2.75) is 24.0 Å². The van der Waals surface area contributed by atoms with Crippen LogP contribution in [0.1, 0.15) is 17.7 Å². The molecule has 1 N–H and O–H groups in total. The van der Waals surface area contributed by atoms with Crippen LogP contribution in [0.2, 0.25) is 0 Å². The van der Waals surface area contributed by atoms with Gasteiger partial charge in [0.1, 0.15) is 4.21 Å². The number of benzene rings is 1. The van der Waals surface area contributed by atoms with Crippen molar-refractivity contribution in [1.29, 1.82) is 0 Å². The van der Waals surface area contributed by atoms with Gasteiger partial charge in [0.05, 0.1) is 12.5 Å². The molecule has 7 nitrogen and oxygen atoms in total. The first kappa shape index (κ1) is 21.5. The number of amides is 2. The van der Waals surface area contributed by atoms with Gasteiger partial charge in [-0.15, -0.1) is 11.3 Å². The molecule has 1 atom stereocenters. The minimum absolute atomic E-state index is 0.0822. The Kier molecular flexibility index (Phi) is 6.71. The van der Waals surface area contributed by atoms with Gasteiger partial charge in [0.15, 0.2) is 0 Å². The van der Waals surface area contributed by atoms with Crippen molar-refractivity contribution in [3.8, 4) is 0 Å². The van der Waals surface area contributed by atoms with Gasteiger partial charge in [-0.1, -0.05) is 18.2 Å². The summed E-state index contributed by atoms with van der Waals surface area (Å²) in [5.74, 6) is -0.953. The smallest absolute Gasteiger partial charge is 0.252 e. The Hall–Kier alpha value is -2.23. The van der Waals surface area contributed by atoms with Gasteiger partial charge in [-0.05, 0) is 44.0 Å². The second-order valence-electron chi connectivity index (χ2n) is 7.18. The molecule has 1 aliphatic rings. The summed E-state index contributed by atoms with van der Waals surface area (Å²) in [6.45, 7) is 2.33. The predicted molar refractivity (Wildman–Crippen MR) is 113 cm³/mol. The summed E-state index contributed by atoms with van der Waals surface area (Å²) in [6.07, 6.45) is 1.23. The van der Waals surface area contributed by atoms with Crippen molar-refractivity contribution in [2.24, 2.45) is 5.92 Å². The number of nitrogens with one attached hydrogen (secondary N) is 1. The van der Waals surface area contributed by atoms with Crippen molar-refractivity contribution in [3.63, 3.8) is 0 Å². The van der Waals surface area contributed by atoms with Crippen LogP contribution in [0.4, 0.5) is 5.69 Å². The predicted octanol–water partition coefficient (Wildman–Crippen LogP) is 2.55. The molecule has 1 unspecified atom stereocenters. The van der Waals surface area contributed by atoms with Gasteiger partial charge in [-0.3, -0.25) is 9.59 Å². The van der Waals surface area contributed by atoms with Gasteiger partial charge in [-0.2, -0.15) is 4.31 Å². The molecule has 1 aliphatic heterocycles. The Morgan fingerprint density at radius 3 is 2.59 bits per heavy atom. The quantitative estimate of drug-likeness (QED) is 0.756. The second kappa shape index (κ2) is 9.06. The number of para-hydroxylation sites is 1. The highest BCUT2D eigenvalue weighted by atomic mass is 32.2. The summed E-state index contributed by atoms with van der Waals surface area (Å²) in [6, 6.07) is 12.4. The number of nitrogens with zero attached hydrogens (tertiary/aromatic N) is 2. The zero-order chi connectivity index (χ0) is 21.0. The maximum Gasteiger partial charge on any atom is 0.252 e. The molecule has 3 rings (SSSR count). The molecule has 9 heteroatoms. The van der Waals surface area contributed by atoms with Crippen LogP contribution >= 0.6 is 11.3 Å². The number of hydrogen-bond acceptors (Lipinski definition) is 5. The van der Waals surface area contributed by atoms with E-state index in [-0.39, 0.29) is 24.9 Å². The summed E-state index contributed by atoms with van der Waals surface area (Å²) in [5, 5.41) is 2.75. The van der Waals surface area contributed by atoms with Crippen LogP contribution in [0.5, 0.6) is 0 Å². The molecular weight excluding hydrogens is 410 g/mol. The van der Waals surface area contributed by atoms with E-state index in [9.17, 15) is 18.0 Å². The van der Waals surface area contributed by atoms with Crippen LogP contribution in [-0.4, -0.2) is 56.1 Å². The van der Waals surface area contributed by atoms with E-state index in [1.54, 1.807) is 31.3 Å². The fourth-order valence-corrected chi connectivity index (χ4v) is 6.33. The Morgan fingerprint density at radius 2 is 1.93 bits per heavy atom. The third-order valence-electron chi connectivity index (χ3n) is 4.86. The number of hydrogen-bond donors (Lipinski definition) is 1. The lowest BCUT2D eigenvalue weighted by Gasteiger charge is -2.32. The Balaban J connectivity index is 1.60.